The van der Waals surface area contributed by atoms with E-state index in [4.69, 9.17) is 5.73 Å². The fourth-order valence-electron chi connectivity index (χ4n) is 0.645. The minimum atomic E-state index is -0.839. The summed E-state index contributed by atoms with van der Waals surface area (Å²) in [7, 11) is 0. The van der Waals surface area contributed by atoms with Crippen molar-refractivity contribution in [2.75, 3.05) is 0 Å². The quantitative estimate of drug-likeness (QED) is 0.626. The van der Waals surface area contributed by atoms with Gasteiger partial charge in [0.1, 0.15) is 11.9 Å². The Bertz CT molecular complexity index is 128. The van der Waals surface area contributed by atoms with Gasteiger partial charge in [-0.15, -0.1) is 0 Å². The molecule has 1 atom stereocenters. The normalized spacial score (nSPS) is 12.2. The minimum absolute atomic E-state index is 0.0197. The van der Waals surface area contributed by atoms with Crippen molar-refractivity contribution < 1.29 is 14.3 Å². The lowest BCUT2D eigenvalue weighted by Gasteiger charge is -2.07. The van der Waals surface area contributed by atoms with Crippen molar-refractivity contribution in [1.82, 2.24) is 0 Å². The van der Waals surface area contributed by atoms with Crippen molar-refractivity contribution in [1.29, 1.82) is 0 Å². The van der Waals surface area contributed by atoms with Crippen LogP contribution >= 0.6 is 0 Å². The average Bonchev–Trinajstić information content (AvgIpc) is 1.58. The predicted octanol–water partition coefficient (Wildman–Crippen LogP) is 0.449. The van der Waals surface area contributed by atoms with E-state index in [0.717, 1.165) is 0 Å². The lowest BCUT2D eigenvalue weighted by Crippen LogP contribution is -2.21. The van der Waals surface area contributed by atoms with Crippen LogP contribution in [0.4, 0.5) is 4.79 Å². The third kappa shape index (κ3) is 5.08. The number of carbonyl (C=O) groups is 2. The number of Topliss-reactive ketones (excluding diaryl/α,β-unsaturated/α-hetero) is 1. The van der Waals surface area contributed by atoms with Crippen LogP contribution in [0.25, 0.3) is 0 Å². The number of rotatable bonds is 3. The molecular formula is C6H11NO3. The molecule has 0 aromatic carbocycles. The molecule has 2 N–H and O–H groups in total. The molecule has 0 saturated heterocycles. The summed E-state index contributed by atoms with van der Waals surface area (Å²) < 4.78 is 4.48. The topological polar surface area (TPSA) is 69.4 Å². The van der Waals surface area contributed by atoms with Gasteiger partial charge in [0, 0.05) is 6.42 Å². The van der Waals surface area contributed by atoms with Crippen molar-refractivity contribution in [3.63, 3.8) is 0 Å². The highest BCUT2D eigenvalue weighted by Crippen LogP contribution is 1.96. The second-order valence-corrected chi connectivity index (χ2v) is 2.15. The molecule has 0 bridgehead atoms. The van der Waals surface area contributed by atoms with Crippen molar-refractivity contribution in [3.05, 3.63) is 0 Å². The number of amides is 1. The third-order valence-corrected chi connectivity index (χ3v) is 0.892. The monoisotopic (exact) mass is 145 g/mol. The first-order valence-electron chi connectivity index (χ1n) is 2.98. The molecule has 0 radical (unpaired) electrons. The Morgan fingerprint density at radius 1 is 1.60 bits per heavy atom. The zero-order valence-electron chi connectivity index (χ0n) is 6.09. The number of ether oxygens (including phenoxy) is 1. The van der Waals surface area contributed by atoms with E-state index >= 15 is 0 Å². The van der Waals surface area contributed by atoms with Crippen LogP contribution in [0, 0.1) is 0 Å². The van der Waals surface area contributed by atoms with Crippen LogP contribution in [-0.2, 0) is 9.53 Å². The van der Waals surface area contributed by atoms with Crippen LogP contribution in [0.3, 0.4) is 0 Å². The summed E-state index contributed by atoms with van der Waals surface area (Å²) >= 11 is 0. The van der Waals surface area contributed by atoms with Crippen molar-refractivity contribution >= 4 is 11.9 Å². The molecule has 0 aliphatic heterocycles. The molecule has 0 aliphatic carbocycles. The fraction of sp³-hybridized carbons (Fsp3) is 0.667. The number of nitrogens with two attached hydrogens (primary N) is 1. The molecule has 0 rings (SSSR count). The van der Waals surface area contributed by atoms with Crippen molar-refractivity contribution in [3.8, 4) is 0 Å². The maximum atomic E-state index is 10.4. The van der Waals surface area contributed by atoms with Gasteiger partial charge in [0.15, 0.2) is 0 Å². The first-order chi connectivity index (χ1) is 4.52. The molecule has 0 saturated carbocycles. The van der Waals surface area contributed by atoms with Crippen LogP contribution in [0.2, 0.25) is 0 Å². The molecule has 4 heteroatoms. The summed E-state index contributed by atoms with van der Waals surface area (Å²) in [4.78, 5) is 20.5. The lowest BCUT2D eigenvalue weighted by molar-refractivity contribution is -0.118. The average molecular weight is 145 g/mol. The van der Waals surface area contributed by atoms with Gasteiger partial charge in [0.05, 0.1) is 0 Å². The summed E-state index contributed by atoms with van der Waals surface area (Å²) in [5.41, 5.74) is 4.70. The number of hydrogen-bond donors (Lipinski definition) is 1. The van der Waals surface area contributed by atoms with Gasteiger partial charge in [-0.3, -0.25) is 4.79 Å². The van der Waals surface area contributed by atoms with E-state index in [0.29, 0.717) is 0 Å². The first kappa shape index (κ1) is 8.94. The zero-order chi connectivity index (χ0) is 8.15. The molecule has 0 fully saturated rings. The van der Waals surface area contributed by atoms with Gasteiger partial charge in [-0.2, -0.15) is 0 Å². The Kier molecular flexibility index (Phi) is 3.46. The number of ketones is 1. The Morgan fingerprint density at radius 2 is 2.10 bits per heavy atom. The number of carbonyl (C=O) groups excluding carboxylic acids is 2. The van der Waals surface area contributed by atoms with Gasteiger partial charge in [-0.1, -0.05) is 0 Å². The second kappa shape index (κ2) is 3.87. The Hall–Kier alpha value is -1.06. The molecule has 0 aliphatic rings. The van der Waals surface area contributed by atoms with Gasteiger partial charge >= 0.3 is 6.09 Å². The van der Waals surface area contributed by atoms with Gasteiger partial charge in [0.25, 0.3) is 0 Å². The summed E-state index contributed by atoms with van der Waals surface area (Å²) in [6, 6.07) is 0. The van der Waals surface area contributed by atoms with Crippen LogP contribution < -0.4 is 5.73 Å². The smallest absolute Gasteiger partial charge is 0.404 e. The first-order valence-corrected chi connectivity index (χ1v) is 2.98. The Morgan fingerprint density at radius 3 is 2.40 bits per heavy atom. The van der Waals surface area contributed by atoms with E-state index in [1.165, 1.54) is 6.92 Å². The highest BCUT2D eigenvalue weighted by atomic mass is 16.6. The molecule has 4 nitrogen and oxygen atoms in total. The third-order valence-electron chi connectivity index (χ3n) is 0.892. The van der Waals surface area contributed by atoms with Crippen LogP contribution in [0.5, 0.6) is 0 Å². The van der Waals surface area contributed by atoms with Gasteiger partial charge in [0.2, 0.25) is 0 Å². The van der Waals surface area contributed by atoms with Crippen molar-refractivity contribution in [2.45, 2.75) is 26.4 Å². The van der Waals surface area contributed by atoms with Crippen molar-refractivity contribution in [2.24, 2.45) is 5.73 Å². The second-order valence-electron chi connectivity index (χ2n) is 2.15. The predicted molar refractivity (Wildman–Crippen MR) is 35.4 cm³/mol. The molecule has 1 amide bonds. The molecule has 0 aromatic heterocycles. The summed E-state index contributed by atoms with van der Waals surface area (Å²) in [6.07, 6.45) is -1.02. The van der Waals surface area contributed by atoms with E-state index in [-0.39, 0.29) is 12.2 Å². The van der Waals surface area contributed by atoms with Crippen LogP contribution in [-0.4, -0.2) is 18.0 Å². The highest BCUT2D eigenvalue weighted by Gasteiger charge is 2.07. The van der Waals surface area contributed by atoms with E-state index in [1.807, 2.05) is 0 Å². The van der Waals surface area contributed by atoms with Gasteiger partial charge in [-0.05, 0) is 13.8 Å². The summed E-state index contributed by atoms with van der Waals surface area (Å²) in [6.45, 7) is 3.05. The summed E-state index contributed by atoms with van der Waals surface area (Å²) in [5, 5.41) is 0. The molecule has 1 unspecified atom stereocenters. The van der Waals surface area contributed by atoms with Gasteiger partial charge in [-0.25, -0.2) is 4.79 Å². The zero-order valence-corrected chi connectivity index (χ0v) is 6.09. The maximum Gasteiger partial charge on any atom is 0.404 e. The maximum absolute atomic E-state index is 10.4. The van der Waals surface area contributed by atoms with E-state index in [1.54, 1.807) is 6.92 Å². The fourth-order valence-corrected chi connectivity index (χ4v) is 0.645. The molecule has 10 heavy (non-hydrogen) atoms. The van der Waals surface area contributed by atoms with E-state index in [2.05, 4.69) is 4.74 Å². The largest absolute Gasteiger partial charge is 0.446 e. The summed E-state index contributed by atoms with van der Waals surface area (Å²) in [5.74, 6) is -0.0197. The molecule has 58 valence electrons. The Balaban J connectivity index is 3.53. The Labute approximate surface area is 59.3 Å². The van der Waals surface area contributed by atoms with Crippen LogP contribution in [0.1, 0.15) is 20.3 Å². The molecule has 0 heterocycles. The lowest BCUT2D eigenvalue weighted by atomic mass is 10.2. The highest BCUT2D eigenvalue weighted by molar-refractivity contribution is 5.76. The molecule has 0 aromatic rings. The van der Waals surface area contributed by atoms with E-state index in [9.17, 15) is 9.59 Å². The number of hydrogen-bond acceptors (Lipinski definition) is 3. The minimum Gasteiger partial charge on any atom is -0.446 e. The van der Waals surface area contributed by atoms with Crippen LogP contribution in [0.15, 0.2) is 0 Å². The van der Waals surface area contributed by atoms with Gasteiger partial charge < -0.3 is 10.5 Å². The SMILES string of the molecule is CC(=O)CC(C)OC(N)=O. The standard InChI is InChI=1S/C6H11NO3/c1-4(8)3-5(2)10-6(7)9/h5H,3H2,1-2H3,(H2,7,9). The van der Waals surface area contributed by atoms with E-state index < -0.39 is 12.2 Å². The molecule has 0 spiro atoms. The number of primary amides is 1. The molecular weight excluding hydrogens is 134 g/mol.